The number of hydrogen-bond donors (Lipinski definition) is 1. The first-order valence-electron chi connectivity index (χ1n) is 5.45. The largest absolute Gasteiger partial charge is 0.337 e. The molecule has 0 saturated carbocycles. The first-order valence-corrected chi connectivity index (χ1v) is 6.24. The van der Waals surface area contributed by atoms with E-state index in [-0.39, 0.29) is 5.54 Å². The molecule has 16 heavy (non-hydrogen) atoms. The van der Waals surface area contributed by atoms with E-state index in [9.17, 15) is 0 Å². The maximum absolute atomic E-state index is 5.87. The van der Waals surface area contributed by atoms with E-state index in [1.807, 2.05) is 0 Å². The van der Waals surface area contributed by atoms with Crippen molar-refractivity contribution in [2.24, 2.45) is 5.73 Å². The van der Waals surface area contributed by atoms with Crippen molar-refractivity contribution >= 4 is 26.8 Å². The van der Waals surface area contributed by atoms with E-state index in [1.54, 1.807) is 0 Å². The third-order valence-electron chi connectivity index (χ3n) is 3.14. The maximum Gasteiger partial charge on any atom is 0.0514 e. The van der Waals surface area contributed by atoms with Crippen molar-refractivity contribution in [1.82, 2.24) is 4.57 Å². The van der Waals surface area contributed by atoms with Crippen LogP contribution in [0.3, 0.4) is 0 Å². The van der Waals surface area contributed by atoms with E-state index in [1.165, 1.54) is 21.1 Å². The van der Waals surface area contributed by atoms with Crippen LogP contribution in [0.15, 0.2) is 28.7 Å². The lowest BCUT2D eigenvalue weighted by Gasteiger charge is -2.28. The molecule has 2 aromatic rings. The van der Waals surface area contributed by atoms with E-state index < -0.39 is 0 Å². The summed E-state index contributed by atoms with van der Waals surface area (Å²) in [6.07, 6.45) is 0. The van der Waals surface area contributed by atoms with Crippen LogP contribution in [0.2, 0.25) is 0 Å². The Labute approximate surface area is 105 Å². The quantitative estimate of drug-likeness (QED) is 0.898. The van der Waals surface area contributed by atoms with Crippen LogP contribution >= 0.6 is 15.9 Å². The van der Waals surface area contributed by atoms with Crippen molar-refractivity contribution in [3.8, 4) is 0 Å². The average molecular weight is 281 g/mol. The van der Waals surface area contributed by atoms with Crippen LogP contribution in [-0.2, 0) is 5.54 Å². The topological polar surface area (TPSA) is 30.9 Å². The molecule has 0 aliphatic rings. The van der Waals surface area contributed by atoms with Gasteiger partial charge < -0.3 is 10.3 Å². The number of benzene rings is 1. The van der Waals surface area contributed by atoms with Crippen LogP contribution in [0, 0.1) is 6.92 Å². The number of para-hydroxylation sites is 1. The Bertz CT molecular complexity index is 526. The van der Waals surface area contributed by atoms with Crippen molar-refractivity contribution in [3.63, 3.8) is 0 Å². The zero-order chi connectivity index (χ0) is 11.9. The molecule has 2 nitrogen and oxygen atoms in total. The van der Waals surface area contributed by atoms with Gasteiger partial charge in [-0.15, -0.1) is 0 Å². The fourth-order valence-corrected chi connectivity index (χ4v) is 2.71. The van der Waals surface area contributed by atoms with Crippen LogP contribution in [0.1, 0.15) is 19.5 Å². The van der Waals surface area contributed by atoms with Gasteiger partial charge in [0.2, 0.25) is 0 Å². The van der Waals surface area contributed by atoms with Gasteiger partial charge in [0, 0.05) is 27.6 Å². The molecule has 0 spiro atoms. The second-order valence-electron chi connectivity index (χ2n) is 4.77. The first-order chi connectivity index (χ1) is 7.49. The Morgan fingerprint density at radius 1 is 1.31 bits per heavy atom. The molecule has 2 N–H and O–H groups in total. The molecule has 86 valence electrons. The Morgan fingerprint density at radius 3 is 2.56 bits per heavy atom. The molecule has 0 aliphatic heterocycles. The number of hydrogen-bond acceptors (Lipinski definition) is 1. The Hall–Kier alpha value is -0.800. The molecule has 0 fully saturated rings. The number of rotatable bonds is 2. The summed E-state index contributed by atoms with van der Waals surface area (Å²) in [6.45, 7) is 7.08. The maximum atomic E-state index is 5.87. The van der Waals surface area contributed by atoms with Crippen LogP contribution in [0.4, 0.5) is 0 Å². The molecule has 1 aromatic carbocycles. The van der Waals surface area contributed by atoms with Gasteiger partial charge in [0.05, 0.1) is 5.54 Å². The molecule has 0 saturated heterocycles. The SMILES string of the molecule is Cc1c(Br)c2ccccc2n1C(C)(C)CN. The molecular formula is C13H17BrN2. The van der Waals surface area contributed by atoms with E-state index >= 15 is 0 Å². The predicted octanol–water partition coefficient (Wildman–Crippen LogP) is 3.41. The molecule has 1 heterocycles. The number of nitrogens with two attached hydrogens (primary N) is 1. The summed E-state index contributed by atoms with van der Waals surface area (Å²) in [5.41, 5.74) is 8.28. The van der Waals surface area contributed by atoms with Gasteiger partial charge in [0.1, 0.15) is 0 Å². The van der Waals surface area contributed by atoms with E-state index in [2.05, 4.69) is 65.5 Å². The van der Waals surface area contributed by atoms with Crippen molar-refractivity contribution < 1.29 is 0 Å². The molecular weight excluding hydrogens is 264 g/mol. The molecule has 0 amide bonds. The summed E-state index contributed by atoms with van der Waals surface area (Å²) < 4.78 is 3.48. The lowest BCUT2D eigenvalue weighted by molar-refractivity contribution is 0.372. The molecule has 0 bridgehead atoms. The van der Waals surface area contributed by atoms with E-state index in [0.29, 0.717) is 6.54 Å². The fourth-order valence-electron chi connectivity index (χ4n) is 2.20. The van der Waals surface area contributed by atoms with Gasteiger partial charge in [0.15, 0.2) is 0 Å². The monoisotopic (exact) mass is 280 g/mol. The highest BCUT2D eigenvalue weighted by Gasteiger charge is 2.23. The van der Waals surface area contributed by atoms with Crippen molar-refractivity contribution in [3.05, 3.63) is 34.4 Å². The van der Waals surface area contributed by atoms with Crippen molar-refractivity contribution in [1.29, 1.82) is 0 Å². The first kappa shape index (κ1) is 11.7. The summed E-state index contributed by atoms with van der Waals surface area (Å²) >= 11 is 3.66. The summed E-state index contributed by atoms with van der Waals surface area (Å²) in [4.78, 5) is 0. The molecule has 0 atom stereocenters. The zero-order valence-electron chi connectivity index (χ0n) is 9.92. The minimum absolute atomic E-state index is 0.0598. The predicted molar refractivity (Wildman–Crippen MR) is 72.8 cm³/mol. The zero-order valence-corrected chi connectivity index (χ0v) is 11.5. The molecule has 0 unspecified atom stereocenters. The summed E-state index contributed by atoms with van der Waals surface area (Å²) in [6, 6.07) is 8.41. The minimum Gasteiger partial charge on any atom is -0.337 e. The molecule has 2 rings (SSSR count). The highest BCUT2D eigenvalue weighted by Crippen LogP contribution is 2.34. The Balaban J connectivity index is 2.84. The van der Waals surface area contributed by atoms with Gasteiger partial charge in [-0.05, 0) is 42.8 Å². The van der Waals surface area contributed by atoms with Gasteiger partial charge in [-0.25, -0.2) is 0 Å². The second kappa shape index (κ2) is 3.90. The van der Waals surface area contributed by atoms with Gasteiger partial charge in [0.25, 0.3) is 0 Å². The fraction of sp³-hybridized carbons (Fsp3) is 0.385. The lowest BCUT2D eigenvalue weighted by Crippen LogP contribution is -2.35. The summed E-state index contributed by atoms with van der Waals surface area (Å²) in [5.74, 6) is 0. The van der Waals surface area contributed by atoms with Crippen molar-refractivity contribution in [2.45, 2.75) is 26.3 Å². The van der Waals surface area contributed by atoms with Crippen LogP contribution < -0.4 is 5.73 Å². The van der Waals surface area contributed by atoms with Crippen LogP contribution in [-0.4, -0.2) is 11.1 Å². The molecule has 0 radical (unpaired) electrons. The van der Waals surface area contributed by atoms with Gasteiger partial charge >= 0.3 is 0 Å². The Morgan fingerprint density at radius 2 is 1.94 bits per heavy atom. The Kier molecular flexibility index (Phi) is 2.84. The summed E-state index contributed by atoms with van der Waals surface area (Å²) in [5, 5.41) is 1.25. The normalized spacial score (nSPS) is 12.3. The number of fused-ring (bicyclic) bond motifs is 1. The number of halogens is 1. The highest BCUT2D eigenvalue weighted by molar-refractivity contribution is 9.10. The van der Waals surface area contributed by atoms with Gasteiger partial charge in [-0.2, -0.15) is 0 Å². The summed E-state index contributed by atoms with van der Waals surface area (Å²) in [7, 11) is 0. The molecule has 3 heteroatoms. The van der Waals surface area contributed by atoms with Crippen LogP contribution in [0.5, 0.6) is 0 Å². The number of nitrogens with zero attached hydrogens (tertiary/aromatic N) is 1. The third kappa shape index (κ3) is 1.59. The third-order valence-corrected chi connectivity index (χ3v) is 4.14. The smallest absolute Gasteiger partial charge is 0.0514 e. The average Bonchev–Trinajstić information content (AvgIpc) is 2.53. The lowest BCUT2D eigenvalue weighted by atomic mass is 10.1. The van der Waals surface area contributed by atoms with Crippen LogP contribution in [0.25, 0.3) is 10.9 Å². The highest BCUT2D eigenvalue weighted by atomic mass is 79.9. The van der Waals surface area contributed by atoms with Gasteiger partial charge in [-0.1, -0.05) is 18.2 Å². The van der Waals surface area contributed by atoms with Crippen molar-refractivity contribution in [2.75, 3.05) is 6.54 Å². The van der Waals surface area contributed by atoms with E-state index in [4.69, 9.17) is 5.73 Å². The van der Waals surface area contributed by atoms with Gasteiger partial charge in [-0.3, -0.25) is 0 Å². The van der Waals surface area contributed by atoms with E-state index in [0.717, 1.165) is 0 Å². The molecule has 1 aromatic heterocycles. The molecule has 0 aliphatic carbocycles. The second-order valence-corrected chi connectivity index (χ2v) is 5.56. The minimum atomic E-state index is -0.0598. The standard InChI is InChI=1S/C13H17BrN2/c1-9-12(14)10-6-4-5-7-11(10)16(9)13(2,3)8-15/h4-7H,8,15H2,1-3H3. The number of aromatic nitrogens is 1.